The van der Waals surface area contributed by atoms with E-state index in [0.29, 0.717) is 6.04 Å². The van der Waals surface area contributed by atoms with E-state index in [9.17, 15) is 0 Å². The minimum absolute atomic E-state index is 0.490. The molecule has 1 saturated heterocycles. The lowest BCUT2D eigenvalue weighted by Crippen LogP contribution is -2.51. The highest BCUT2D eigenvalue weighted by Crippen LogP contribution is 2.23. The topological polar surface area (TPSA) is 44.3 Å². The fraction of sp³-hybridized carbons (Fsp3) is 0.692. The third-order valence-corrected chi connectivity index (χ3v) is 4.65. The quantitative estimate of drug-likeness (QED) is 0.908. The van der Waals surface area contributed by atoms with Crippen LogP contribution in [0.25, 0.3) is 0 Å². The van der Waals surface area contributed by atoms with Gasteiger partial charge in [-0.25, -0.2) is 9.97 Å². The molecule has 19 heavy (non-hydrogen) atoms. The van der Waals surface area contributed by atoms with E-state index >= 15 is 0 Å². The van der Waals surface area contributed by atoms with Crippen molar-refractivity contribution >= 4 is 21.7 Å². The van der Waals surface area contributed by atoms with Gasteiger partial charge >= 0.3 is 0 Å². The van der Waals surface area contributed by atoms with Crippen molar-refractivity contribution in [3.8, 4) is 0 Å². The Hall–Kier alpha value is -0.720. The lowest BCUT2D eigenvalue weighted by Gasteiger charge is -2.37. The molecule has 0 saturated carbocycles. The second-order valence-corrected chi connectivity index (χ2v) is 6.03. The van der Waals surface area contributed by atoms with Crippen molar-refractivity contribution in [2.24, 2.45) is 0 Å². The number of halogens is 1. The number of rotatable bonds is 3. The van der Waals surface area contributed by atoms with Crippen molar-refractivity contribution in [2.45, 2.75) is 19.4 Å². The molecule has 106 valence electrons. The number of nitrogens with zero attached hydrogens (tertiary/aromatic N) is 4. The zero-order valence-corrected chi connectivity index (χ0v) is 13.7. The van der Waals surface area contributed by atoms with Gasteiger partial charge in [-0.2, -0.15) is 0 Å². The molecule has 1 aliphatic heterocycles. The maximum Gasteiger partial charge on any atom is 0.144 e. The van der Waals surface area contributed by atoms with Gasteiger partial charge in [-0.1, -0.05) is 0 Å². The van der Waals surface area contributed by atoms with E-state index in [1.54, 1.807) is 0 Å². The normalized spacial score (nSPS) is 21.6. The summed E-state index contributed by atoms with van der Waals surface area (Å²) in [5.41, 5.74) is 0.987. The van der Waals surface area contributed by atoms with Gasteiger partial charge in [0.15, 0.2) is 0 Å². The van der Waals surface area contributed by atoms with E-state index in [0.717, 1.165) is 47.9 Å². The summed E-state index contributed by atoms with van der Waals surface area (Å²) >= 11 is 3.51. The van der Waals surface area contributed by atoms with Crippen LogP contribution in [0.15, 0.2) is 4.47 Å². The molecule has 1 fully saturated rings. The monoisotopic (exact) mass is 327 g/mol. The Morgan fingerprint density at radius 1 is 1.32 bits per heavy atom. The van der Waals surface area contributed by atoms with Crippen LogP contribution in [0.2, 0.25) is 0 Å². The Labute approximate surface area is 123 Å². The number of hydrogen-bond acceptors (Lipinski definition) is 5. The third kappa shape index (κ3) is 3.43. The number of likely N-dealkylation sites (N-methyl/N-ethyl adjacent to an activating group) is 2. The predicted octanol–water partition coefficient (Wildman–Crippen LogP) is 1.38. The molecule has 1 aliphatic rings. The Bertz CT molecular complexity index is 451. The van der Waals surface area contributed by atoms with Crippen LogP contribution >= 0.6 is 15.9 Å². The highest BCUT2D eigenvalue weighted by molar-refractivity contribution is 9.10. The molecular formula is C13H22BrN5. The van der Waals surface area contributed by atoms with E-state index in [-0.39, 0.29) is 0 Å². The molecule has 0 radical (unpaired) electrons. The summed E-state index contributed by atoms with van der Waals surface area (Å²) in [6.45, 7) is 5.32. The molecule has 1 aromatic rings. The van der Waals surface area contributed by atoms with Crippen LogP contribution in [0.4, 0.5) is 5.82 Å². The van der Waals surface area contributed by atoms with Crippen molar-refractivity contribution < 1.29 is 0 Å². The highest BCUT2D eigenvalue weighted by Gasteiger charge is 2.23. The molecule has 0 aromatic carbocycles. The molecule has 6 heteroatoms. The van der Waals surface area contributed by atoms with Crippen molar-refractivity contribution in [1.82, 2.24) is 19.8 Å². The van der Waals surface area contributed by atoms with Gasteiger partial charge in [-0.05, 0) is 36.9 Å². The van der Waals surface area contributed by atoms with Crippen molar-refractivity contribution in [3.05, 3.63) is 16.0 Å². The lowest BCUT2D eigenvalue weighted by atomic mass is 10.1. The first-order valence-corrected chi connectivity index (χ1v) is 7.40. The number of nitrogens with one attached hydrogen (secondary N) is 1. The van der Waals surface area contributed by atoms with Gasteiger partial charge in [0.2, 0.25) is 0 Å². The minimum atomic E-state index is 0.490. The summed E-state index contributed by atoms with van der Waals surface area (Å²) in [4.78, 5) is 14.0. The second-order valence-electron chi connectivity index (χ2n) is 5.24. The van der Waals surface area contributed by atoms with E-state index in [2.05, 4.69) is 55.1 Å². The number of piperazine rings is 1. The molecule has 0 bridgehead atoms. The Balaban J connectivity index is 2.16. The summed E-state index contributed by atoms with van der Waals surface area (Å²) in [6.07, 6.45) is 0.893. The van der Waals surface area contributed by atoms with E-state index < -0.39 is 0 Å². The first-order chi connectivity index (χ1) is 9.01. The number of hydrogen-bond donors (Lipinski definition) is 1. The number of aryl methyl sites for hydroxylation is 1. The lowest BCUT2D eigenvalue weighted by molar-refractivity contribution is 0.113. The first kappa shape index (κ1) is 14.7. The third-order valence-electron chi connectivity index (χ3n) is 3.70. The van der Waals surface area contributed by atoms with Crippen LogP contribution in [0.1, 0.15) is 11.5 Å². The Morgan fingerprint density at radius 2 is 2.05 bits per heavy atom. The molecule has 1 N–H and O–H groups in total. The zero-order chi connectivity index (χ0) is 14.0. The van der Waals surface area contributed by atoms with Gasteiger partial charge in [0.05, 0.1) is 10.2 Å². The summed E-state index contributed by atoms with van der Waals surface area (Å²) in [5.74, 6) is 1.78. The molecule has 0 aliphatic carbocycles. The van der Waals surface area contributed by atoms with Crippen LogP contribution in [0.5, 0.6) is 0 Å². The van der Waals surface area contributed by atoms with Crippen LogP contribution in [-0.4, -0.2) is 66.6 Å². The maximum atomic E-state index is 4.59. The summed E-state index contributed by atoms with van der Waals surface area (Å²) in [5, 5.41) is 3.11. The average molecular weight is 328 g/mol. The standard InChI is InChI=1S/C13H22BrN5/c1-9-12(14)13(15-2)17-11(16-9)7-10-8-18(3)5-6-19(10)4/h10H,5-8H2,1-4H3,(H,15,16,17). The van der Waals surface area contributed by atoms with Crippen molar-refractivity contribution in [1.29, 1.82) is 0 Å². The van der Waals surface area contributed by atoms with Gasteiger partial charge in [-0.15, -0.1) is 0 Å². The van der Waals surface area contributed by atoms with Crippen LogP contribution in [-0.2, 0) is 6.42 Å². The Morgan fingerprint density at radius 3 is 2.74 bits per heavy atom. The summed E-state index contributed by atoms with van der Waals surface area (Å²) in [7, 11) is 6.24. The minimum Gasteiger partial charge on any atom is -0.372 e. The molecule has 2 rings (SSSR count). The molecule has 0 amide bonds. The fourth-order valence-electron chi connectivity index (χ4n) is 2.41. The first-order valence-electron chi connectivity index (χ1n) is 6.60. The number of anilines is 1. The summed E-state index contributed by atoms with van der Waals surface area (Å²) in [6, 6.07) is 0.490. The van der Waals surface area contributed by atoms with Gasteiger partial charge in [-0.3, -0.25) is 0 Å². The number of aromatic nitrogens is 2. The summed E-state index contributed by atoms with van der Waals surface area (Å²) < 4.78 is 0.952. The Kier molecular flexibility index (Phi) is 4.76. The van der Waals surface area contributed by atoms with Crippen LogP contribution < -0.4 is 5.32 Å². The molecule has 2 heterocycles. The van der Waals surface area contributed by atoms with Gasteiger partial charge < -0.3 is 15.1 Å². The van der Waals surface area contributed by atoms with Gasteiger partial charge in [0, 0.05) is 39.1 Å². The molecule has 5 nitrogen and oxygen atoms in total. The smallest absolute Gasteiger partial charge is 0.144 e. The van der Waals surface area contributed by atoms with Gasteiger partial charge in [0.1, 0.15) is 11.6 Å². The average Bonchev–Trinajstić information content (AvgIpc) is 2.38. The van der Waals surface area contributed by atoms with E-state index in [4.69, 9.17) is 0 Å². The van der Waals surface area contributed by atoms with Crippen molar-refractivity contribution in [2.75, 3.05) is 46.1 Å². The maximum absolute atomic E-state index is 4.59. The fourth-order valence-corrected chi connectivity index (χ4v) is 2.78. The zero-order valence-electron chi connectivity index (χ0n) is 12.1. The molecule has 0 spiro atoms. The second kappa shape index (κ2) is 6.15. The molecule has 1 aromatic heterocycles. The van der Waals surface area contributed by atoms with Crippen LogP contribution in [0, 0.1) is 6.92 Å². The predicted molar refractivity (Wildman–Crippen MR) is 81.6 cm³/mol. The highest BCUT2D eigenvalue weighted by atomic mass is 79.9. The molecule has 1 atom stereocenters. The molecule has 1 unspecified atom stereocenters. The van der Waals surface area contributed by atoms with E-state index in [1.807, 2.05) is 14.0 Å². The molecular weight excluding hydrogens is 306 g/mol. The van der Waals surface area contributed by atoms with Gasteiger partial charge in [0.25, 0.3) is 0 Å². The largest absolute Gasteiger partial charge is 0.372 e. The van der Waals surface area contributed by atoms with Crippen molar-refractivity contribution in [3.63, 3.8) is 0 Å². The van der Waals surface area contributed by atoms with Crippen LogP contribution in [0.3, 0.4) is 0 Å². The SMILES string of the molecule is CNc1nc(CC2CN(C)CCN2C)nc(C)c1Br. The van der Waals surface area contributed by atoms with E-state index in [1.165, 1.54) is 0 Å².